The second kappa shape index (κ2) is 5.77. The lowest BCUT2D eigenvalue weighted by molar-refractivity contribution is 0.464. The van der Waals surface area contributed by atoms with E-state index in [9.17, 15) is 13.0 Å². The van der Waals surface area contributed by atoms with Gasteiger partial charge >= 0.3 is 0 Å². The zero-order chi connectivity index (χ0) is 15.9. The monoisotopic (exact) mass is 355 g/mol. The topological polar surface area (TPSA) is 57.6 Å². The van der Waals surface area contributed by atoms with Gasteiger partial charge in [0.15, 0.2) is 5.37 Å². The van der Waals surface area contributed by atoms with Crippen LogP contribution in [0.25, 0.3) is 0 Å². The van der Waals surface area contributed by atoms with Crippen molar-refractivity contribution in [2.75, 3.05) is 4.90 Å². The predicted octanol–water partition coefficient (Wildman–Crippen LogP) is 4.57. The van der Waals surface area contributed by atoms with Crippen LogP contribution in [0.5, 0.6) is 0 Å². The zero-order valence-corrected chi connectivity index (χ0v) is 14.1. The molecule has 4 nitrogen and oxygen atoms in total. The lowest BCUT2D eigenvalue weighted by Crippen LogP contribution is -2.38. The smallest absolute Gasteiger partial charge is 0.286 e. The van der Waals surface area contributed by atoms with E-state index in [2.05, 4.69) is 0 Å². The molecule has 0 fully saturated rings. The molecule has 0 saturated carbocycles. The van der Waals surface area contributed by atoms with Crippen molar-refractivity contribution in [2.24, 2.45) is 0 Å². The average Bonchev–Trinajstić information content (AvgIpc) is 2.45. The summed E-state index contributed by atoms with van der Waals surface area (Å²) >= 11 is 7.59. The van der Waals surface area contributed by atoms with Crippen LogP contribution in [0.1, 0.15) is 13.3 Å². The summed E-state index contributed by atoms with van der Waals surface area (Å²) in [7, 11) is -4.23. The Morgan fingerprint density at radius 3 is 2.55 bits per heavy atom. The Morgan fingerprint density at radius 1 is 1.18 bits per heavy atom. The molecule has 0 bridgehead atoms. The predicted molar refractivity (Wildman–Crippen MR) is 89.8 cm³/mol. The van der Waals surface area contributed by atoms with Gasteiger partial charge in [-0.1, -0.05) is 42.4 Å². The van der Waals surface area contributed by atoms with Gasteiger partial charge in [0.1, 0.15) is 0 Å². The van der Waals surface area contributed by atoms with Gasteiger partial charge in [-0.2, -0.15) is 8.42 Å². The fourth-order valence-corrected chi connectivity index (χ4v) is 4.86. The van der Waals surface area contributed by atoms with Gasteiger partial charge in [-0.25, -0.2) is 0 Å². The van der Waals surface area contributed by atoms with Gasteiger partial charge < -0.3 is 4.90 Å². The van der Waals surface area contributed by atoms with E-state index in [0.717, 1.165) is 21.2 Å². The highest BCUT2D eigenvalue weighted by Crippen LogP contribution is 2.50. The van der Waals surface area contributed by atoms with Crippen LogP contribution in [0.3, 0.4) is 0 Å². The summed E-state index contributed by atoms with van der Waals surface area (Å²) in [5.41, 5.74) is 1.50. The first kappa shape index (κ1) is 15.7. The number of fused-ring (bicyclic) bond motifs is 2. The van der Waals surface area contributed by atoms with Gasteiger partial charge in [-0.15, -0.1) is 0 Å². The molecule has 0 spiro atoms. The number of hydrogen-bond acceptors (Lipinski definition) is 4. The molecule has 1 N–H and O–H groups in total. The molecule has 0 saturated heterocycles. The molecule has 22 heavy (non-hydrogen) atoms. The van der Waals surface area contributed by atoms with E-state index in [1.807, 2.05) is 24.3 Å². The molecule has 7 heteroatoms. The summed E-state index contributed by atoms with van der Waals surface area (Å²) in [4.78, 5) is 3.47. The van der Waals surface area contributed by atoms with Crippen molar-refractivity contribution in [2.45, 2.75) is 28.5 Å². The highest BCUT2D eigenvalue weighted by molar-refractivity contribution is 7.99. The fraction of sp³-hybridized carbons (Fsp3) is 0.200. The van der Waals surface area contributed by atoms with Crippen molar-refractivity contribution in [3.63, 3.8) is 0 Å². The molecule has 1 aliphatic rings. The number of halogens is 1. The third-order valence-electron chi connectivity index (χ3n) is 3.51. The molecule has 0 amide bonds. The maximum Gasteiger partial charge on any atom is 0.286 e. The summed E-state index contributed by atoms with van der Waals surface area (Å²) in [5, 5.41) is -0.444. The summed E-state index contributed by atoms with van der Waals surface area (Å²) in [6.45, 7) is 1.73. The van der Waals surface area contributed by atoms with Crippen LogP contribution >= 0.6 is 23.4 Å². The van der Waals surface area contributed by atoms with Crippen molar-refractivity contribution >= 4 is 44.9 Å². The quantitative estimate of drug-likeness (QED) is 0.817. The van der Waals surface area contributed by atoms with Crippen molar-refractivity contribution in [3.8, 4) is 0 Å². The second-order valence-corrected chi connectivity index (χ2v) is 8.02. The van der Waals surface area contributed by atoms with Crippen LogP contribution < -0.4 is 4.90 Å². The molecule has 1 aliphatic heterocycles. The minimum Gasteiger partial charge on any atom is -0.320 e. The lowest BCUT2D eigenvalue weighted by Gasteiger charge is -2.36. The molecule has 2 aromatic rings. The molecule has 2 aromatic carbocycles. The van der Waals surface area contributed by atoms with E-state index in [4.69, 9.17) is 11.6 Å². The van der Waals surface area contributed by atoms with Gasteiger partial charge in [0, 0.05) is 14.8 Å². The molecule has 0 aromatic heterocycles. The standard InChI is InChI=1S/C15H14ClNO3S2/c1-2-15(22(18,19)20)17-11-5-3-4-6-13(11)21-14-9-10(16)7-8-12(14)17/h3-9,15H,2H2,1H3,(H,18,19,20). The van der Waals surface area contributed by atoms with Crippen molar-refractivity contribution in [1.29, 1.82) is 0 Å². The fourth-order valence-electron chi connectivity index (χ4n) is 2.60. The summed E-state index contributed by atoms with van der Waals surface area (Å²) in [6, 6.07) is 12.8. The number of anilines is 2. The van der Waals surface area contributed by atoms with Crippen LogP contribution in [0.4, 0.5) is 11.4 Å². The Bertz CT molecular complexity index is 823. The largest absolute Gasteiger partial charge is 0.320 e. The first-order valence-corrected chi connectivity index (χ1v) is 9.43. The van der Waals surface area contributed by atoms with Crippen molar-refractivity contribution in [1.82, 2.24) is 0 Å². The molecular formula is C15H14ClNO3S2. The van der Waals surface area contributed by atoms with E-state index in [0.29, 0.717) is 5.02 Å². The van der Waals surface area contributed by atoms with Gasteiger partial charge in [0.25, 0.3) is 10.1 Å². The summed E-state index contributed by atoms with van der Waals surface area (Å²) < 4.78 is 33.3. The van der Waals surface area contributed by atoms with Gasteiger partial charge in [0.2, 0.25) is 0 Å². The van der Waals surface area contributed by atoms with Crippen LogP contribution in [-0.2, 0) is 10.1 Å². The minimum absolute atomic E-state index is 0.264. The highest BCUT2D eigenvalue weighted by Gasteiger charge is 2.35. The number of nitrogens with zero attached hydrogens (tertiary/aromatic N) is 1. The van der Waals surface area contributed by atoms with E-state index >= 15 is 0 Å². The summed E-state index contributed by atoms with van der Waals surface area (Å²) in [6.07, 6.45) is 0.264. The molecule has 1 atom stereocenters. The molecular weight excluding hydrogens is 342 g/mol. The van der Waals surface area contributed by atoms with Crippen molar-refractivity contribution in [3.05, 3.63) is 47.5 Å². The van der Waals surface area contributed by atoms with E-state index in [1.54, 1.807) is 30.0 Å². The van der Waals surface area contributed by atoms with Crippen LogP contribution in [0.2, 0.25) is 5.02 Å². The van der Waals surface area contributed by atoms with Crippen LogP contribution in [-0.4, -0.2) is 18.3 Å². The van der Waals surface area contributed by atoms with E-state index in [1.165, 1.54) is 11.8 Å². The Morgan fingerprint density at radius 2 is 1.86 bits per heavy atom. The maximum absolute atomic E-state index is 11.8. The second-order valence-electron chi connectivity index (χ2n) is 4.93. The number of hydrogen-bond donors (Lipinski definition) is 1. The molecule has 1 heterocycles. The first-order chi connectivity index (χ1) is 10.4. The molecule has 0 radical (unpaired) electrons. The van der Waals surface area contributed by atoms with Gasteiger partial charge in [0.05, 0.1) is 11.4 Å². The highest BCUT2D eigenvalue weighted by atomic mass is 35.5. The third kappa shape index (κ3) is 2.72. The summed E-state index contributed by atoms with van der Waals surface area (Å²) in [5.74, 6) is 0. The van der Waals surface area contributed by atoms with Gasteiger partial charge in [-0.3, -0.25) is 4.55 Å². The zero-order valence-electron chi connectivity index (χ0n) is 11.7. The molecule has 116 valence electrons. The minimum atomic E-state index is -4.23. The first-order valence-electron chi connectivity index (χ1n) is 6.73. The van der Waals surface area contributed by atoms with E-state index < -0.39 is 15.5 Å². The number of benzene rings is 2. The van der Waals surface area contributed by atoms with Crippen molar-refractivity contribution < 1.29 is 13.0 Å². The Balaban J connectivity index is 2.25. The molecule has 0 aliphatic carbocycles. The number of para-hydroxylation sites is 1. The van der Waals surface area contributed by atoms with Gasteiger partial charge in [-0.05, 0) is 36.8 Å². The third-order valence-corrected chi connectivity index (χ3v) is 6.09. The number of rotatable bonds is 3. The SMILES string of the molecule is CCC(N1c2ccccc2Sc2cc(Cl)ccc21)S(=O)(=O)O. The average molecular weight is 356 g/mol. The van der Waals surface area contributed by atoms with E-state index in [-0.39, 0.29) is 6.42 Å². The van der Waals surface area contributed by atoms with Crippen LogP contribution in [0, 0.1) is 0 Å². The Kier molecular flexibility index (Phi) is 4.11. The maximum atomic E-state index is 11.8. The Labute approximate surface area is 138 Å². The molecule has 3 rings (SSSR count). The lowest BCUT2D eigenvalue weighted by atomic mass is 10.2. The normalized spacial score (nSPS) is 15.1. The Hall–Kier alpha value is -1.21. The van der Waals surface area contributed by atoms with Crippen LogP contribution in [0.15, 0.2) is 52.3 Å². The molecule has 1 unspecified atom stereocenters.